The molecule has 2 saturated heterocycles. The summed E-state index contributed by atoms with van der Waals surface area (Å²) in [5.41, 5.74) is -0.431. The van der Waals surface area contributed by atoms with Gasteiger partial charge in [0.2, 0.25) is 0 Å². The molecular weight excluding hydrogens is 220 g/mol. The van der Waals surface area contributed by atoms with Gasteiger partial charge in [0, 0.05) is 19.1 Å². The van der Waals surface area contributed by atoms with Crippen molar-refractivity contribution in [2.75, 3.05) is 26.2 Å². The summed E-state index contributed by atoms with van der Waals surface area (Å²) in [5, 5.41) is 3.42. The van der Waals surface area contributed by atoms with Gasteiger partial charge in [0.1, 0.15) is 5.60 Å². The monoisotopic (exact) mass is 242 g/mol. The van der Waals surface area contributed by atoms with Crippen LogP contribution in [0.3, 0.4) is 0 Å². The SMILES string of the molecule is CC(C)(C)OC(=O)N1CC[C@@H]2NCCO[C@@H]2C1. The zero-order valence-electron chi connectivity index (χ0n) is 10.9. The molecule has 98 valence electrons. The van der Waals surface area contributed by atoms with Crippen LogP contribution in [-0.2, 0) is 9.47 Å². The van der Waals surface area contributed by atoms with E-state index in [1.807, 2.05) is 20.8 Å². The van der Waals surface area contributed by atoms with Crippen LogP contribution in [0, 0.1) is 0 Å². The number of nitrogens with one attached hydrogen (secondary N) is 1. The molecule has 0 saturated carbocycles. The van der Waals surface area contributed by atoms with Crippen molar-refractivity contribution in [3.05, 3.63) is 0 Å². The number of rotatable bonds is 0. The first kappa shape index (κ1) is 12.6. The van der Waals surface area contributed by atoms with Crippen molar-refractivity contribution in [3.63, 3.8) is 0 Å². The number of piperidine rings is 1. The highest BCUT2D eigenvalue weighted by Crippen LogP contribution is 2.19. The molecule has 0 unspecified atom stereocenters. The molecule has 5 nitrogen and oxygen atoms in total. The summed E-state index contributed by atoms with van der Waals surface area (Å²) < 4.78 is 11.0. The number of nitrogens with zero attached hydrogens (tertiary/aromatic N) is 1. The number of amides is 1. The Balaban J connectivity index is 1.89. The van der Waals surface area contributed by atoms with Crippen LogP contribution in [0.2, 0.25) is 0 Å². The van der Waals surface area contributed by atoms with Crippen LogP contribution in [-0.4, -0.2) is 55.0 Å². The standard InChI is InChI=1S/C12H22N2O3/c1-12(2,3)17-11(15)14-6-4-9-10(8-14)16-7-5-13-9/h9-10,13H,4-8H2,1-3H3/t9-,10+/m0/s1. The second-order valence-electron chi connectivity index (χ2n) is 5.68. The smallest absolute Gasteiger partial charge is 0.410 e. The number of hydrogen-bond donors (Lipinski definition) is 1. The molecule has 17 heavy (non-hydrogen) atoms. The first-order valence-electron chi connectivity index (χ1n) is 6.28. The van der Waals surface area contributed by atoms with Crippen molar-refractivity contribution in [2.45, 2.75) is 44.9 Å². The second-order valence-corrected chi connectivity index (χ2v) is 5.68. The Kier molecular flexibility index (Phi) is 3.58. The molecule has 0 aliphatic carbocycles. The number of carbonyl (C=O) groups is 1. The van der Waals surface area contributed by atoms with Gasteiger partial charge in [-0.05, 0) is 27.2 Å². The lowest BCUT2D eigenvalue weighted by atomic mass is 10.0. The van der Waals surface area contributed by atoms with Gasteiger partial charge in [0.25, 0.3) is 0 Å². The molecule has 2 rings (SSSR count). The lowest BCUT2D eigenvalue weighted by molar-refractivity contribution is -0.0532. The van der Waals surface area contributed by atoms with Crippen molar-refractivity contribution in [1.29, 1.82) is 0 Å². The average Bonchev–Trinajstić information content (AvgIpc) is 2.26. The molecule has 2 aliphatic rings. The van der Waals surface area contributed by atoms with Crippen molar-refractivity contribution in [2.24, 2.45) is 0 Å². The minimum Gasteiger partial charge on any atom is -0.444 e. The molecule has 0 aromatic heterocycles. The number of likely N-dealkylation sites (tertiary alicyclic amines) is 1. The molecular formula is C12H22N2O3. The van der Waals surface area contributed by atoms with Crippen molar-refractivity contribution < 1.29 is 14.3 Å². The van der Waals surface area contributed by atoms with Gasteiger partial charge in [0.15, 0.2) is 0 Å². The topological polar surface area (TPSA) is 50.8 Å². The van der Waals surface area contributed by atoms with E-state index in [1.54, 1.807) is 4.90 Å². The third-order valence-electron chi connectivity index (χ3n) is 3.05. The molecule has 0 radical (unpaired) electrons. The third-order valence-corrected chi connectivity index (χ3v) is 3.05. The highest BCUT2D eigenvalue weighted by atomic mass is 16.6. The minimum atomic E-state index is -0.431. The quantitative estimate of drug-likeness (QED) is 0.688. The summed E-state index contributed by atoms with van der Waals surface area (Å²) in [6.45, 7) is 8.67. The zero-order chi connectivity index (χ0) is 12.5. The molecule has 5 heteroatoms. The van der Waals surface area contributed by atoms with Gasteiger partial charge in [-0.2, -0.15) is 0 Å². The average molecular weight is 242 g/mol. The molecule has 1 amide bonds. The highest BCUT2D eigenvalue weighted by molar-refractivity contribution is 5.68. The first-order valence-corrected chi connectivity index (χ1v) is 6.28. The molecule has 0 aromatic carbocycles. The summed E-state index contributed by atoms with van der Waals surface area (Å²) in [5.74, 6) is 0. The fourth-order valence-electron chi connectivity index (χ4n) is 2.27. The van der Waals surface area contributed by atoms with E-state index in [1.165, 1.54) is 0 Å². The van der Waals surface area contributed by atoms with Crippen LogP contribution < -0.4 is 5.32 Å². The largest absolute Gasteiger partial charge is 0.444 e. The van der Waals surface area contributed by atoms with Crippen molar-refractivity contribution >= 4 is 6.09 Å². The summed E-state index contributed by atoms with van der Waals surface area (Å²) >= 11 is 0. The first-order chi connectivity index (χ1) is 7.96. The maximum Gasteiger partial charge on any atom is 0.410 e. The van der Waals surface area contributed by atoms with E-state index in [-0.39, 0.29) is 12.2 Å². The van der Waals surface area contributed by atoms with E-state index in [0.717, 1.165) is 26.1 Å². The predicted octanol–water partition coefficient (Wildman–Crippen LogP) is 0.984. The van der Waals surface area contributed by atoms with Crippen LogP contribution in [0.5, 0.6) is 0 Å². The molecule has 2 fully saturated rings. The molecule has 2 aliphatic heterocycles. The fourth-order valence-corrected chi connectivity index (χ4v) is 2.27. The summed E-state index contributed by atoms with van der Waals surface area (Å²) in [4.78, 5) is 13.7. The Morgan fingerprint density at radius 1 is 1.47 bits per heavy atom. The summed E-state index contributed by atoms with van der Waals surface area (Å²) in [7, 11) is 0. The molecule has 2 heterocycles. The third kappa shape index (κ3) is 3.33. The van der Waals surface area contributed by atoms with E-state index in [9.17, 15) is 4.79 Å². The van der Waals surface area contributed by atoms with Gasteiger partial charge in [-0.1, -0.05) is 0 Å². The summed E-state index contributed by atoms with van der Waals surface area (Å²) in [6, 6.07) is 0.391. The normalized spacial score (nSPS) is 29.7. The highest BCUT2D eigenvalue weighted by Gasteiger charge is 2.35. The number of morpholine rings is 1. The maximum atomic E-state index is 11.9. The number of carbonyl (C=O) groups excluding carboxylic acids is 1. The zero-order valence-corrected chi connectivity index (χ0v) is 10.9. The molecule has 0 aromatic rings. The Bertz CT molecular complexity index is 288. The Labute approximate surface area is 102 Å². The van der Waals surface area contributed by atoms with E-state index >= 15 is 0 Å². The summed E-state index contributed by atoms with van der Waals surface area (Å²) in [6.07, 6.45) is 0.819. The van der Waals surface area contributed by atoms with E-state index in [2.05, 4.69) is 5.32 Å². The van der Waals surface area contributed by atoms with Gasteiger partial charge in [-0.3, -0.25) is 0 Å². The number of ether oxygens (including phenoxy) is 2. The van der Waals surface area contributed by atoms with Crippen LogP contribution in [0.15, 0.2) is 0 Å². The van der Waals surface area contributed by atoms with Crippen LogP contribution >= 0.6 is 0 Å². The van der Waals surface area contributed by atoms with Crippen LogP contribution in [0.4, 0.5) is 4.79 Å². The predicted molar refractivity (Wildman–Crippen MR) is 64.0 cm³/mol. The molecule has 1 N–H and O–H groups in total. The molecule has 0 bridgehead atoms. The second kappa shape index (κ2) is 4.82. The fraction of sp³-hybridized carbons (Fsp3) is 0.917. The lowest BCUT2D eigenvalue weighted by Gasteiger charge is -2.41. The van der Waals surface area contributed by atoms with Gasteiger partial charge in [-0.25, -0.2) is 4.79 Å². The van der Waals surface area contributed by atoms with E-state index < -0.39 is 5.60 Å². The number of fused-ring (bicyclic) bond motifs is 1. The van der Waals surface area contributed by atoms with Gasteiger partial charge >= 0.3 is 6.09 Å². The Morgan fingerprint density at radius 2 is 2.24 bits per heavy atom. The van der Waals surface area contributed by atoms with Gasteiger partial charge < -0.3 is 19.7 Å². The Hall–Kier alpha value is -0.810. The lowest BCUT2D eigenvalue weighted by Crippen LogP contribution is -2.59. The van der Waals surface area contributed by atoms with Crippen molar-refractivity contribution in [1.82, 2.24) is 10.2 Å². The van der Waals surface area contributed by atoms with Crippen LogP contribution in [0.25, 0.3) is 0 Å². The Morgan fingerprint density at radius 3 is 2.94 bits per heavy atom. The molecule has 2 atom stereocenters. The number of hydrogen-bond acceptors (Lipinski definition) is 4. The maximum absolute atomic E-state index is 11.9. The van der Waals surface area contributed by atoms with Gasteiger partial charge in [-0.15, -0.1) is 0 Å². The minimum absolute atomic E-state index is 0.116. The molecule has 0 spiro atoms. The van der Waals surface area contributed by atoms with Gasteiger partial charge in [0.05, 0.1) is 19.3 Å². The van der Waals surface area contributed by atoms with E-state index in [4.69, 9.17) is 9.47 Å². The van der Waals surface area contributed by atoms with E-state index in [0.29, 0.717) is 12.6 Å². The van der Waals surface area contributed by atoms with Crippen LogP contribution in [0.1, 0.15) is 27.2 Å². The van der Waals surface area contributed by atoms with Crippen molar-refractivity contribution in [3.8, 4) is 0 Å².